The van der Waals surface area contributed by atoms with Crippen LogP contribution in [0.4, 0.5) is 0 Å². The van der Waals surface area contributed by atoms with Crippen molar-refractivity contribution < 1.29 is 14.3 Å². The quantitative estimate of drug-likeness (QED) is 0.792. The maximum atomic E-state index is 11.4. The Morgan fingerprint density at radius 1 is 1.29 bits per heavy atom. The number of likely N-dealkylation sites (N-methyl/N-ethyl adjacent to an activating group) is 1. The van der Waals surface area contributed by atoms with Gasteiger partial charge in [-0.15, -0.1) is 0 Å². The van der Waals surface area contributed by atoms with Gasteiger partial charge in [-0.3, -0.25) is 9.59 Å². The molecule has 0 saturated heterocycles. The van der Waals surface area contributed by atoms with E-state index in [0.717, 1.165) is 0 Å². The number of hydrogen-bond donors (Lipinski definition) is 1. The predicted octanol–water partition coefficient (Wildman–Crippen LogP) is 1.79. The minimum atomic E-state index is -0.543. The van der Waals surface area contributed by atoms with Gasteiger partial charge in [-0.2, -0.15) is 0 Å². The molecule has 1 aromatic carbocycles. The van der Waals surface area contributed by atoms with Gasteiger partial charge in [0.05, 0.1) is 0 Å². The number of hydrogen-bond acceptors (Lipinski definition) is 3. The van der Waals surface area contributed by atoms with Crippen molar-refractivity contribution in [1.29, 1.82) is 0 Å². The molecule has 1 rings (SSSR count). The van der Waals surface area contributed by atoms with Crippen LogP contribution in [0.25, 0.3) is 0 Å². The molecule has 1 atom stereocenters. The van der Waals surface area contributed by atoms with Crippen LogP contribution >= 0.6 is 0 Å². The van der Waals surface area contributed by atoms with Crippen LogP contribution in [0.3, 0.4) is 0 Å². The topological polar surface area (TPSA) is 55.4 Å². The van der Waals surface area contributed by atoms with Crippen molar-refractivity contribution in [2.75, 3.05) is 6.54 Å². The lowest BCUT2D eigenvalue weighted by atomic mass is 10.1. The van der Waals surface area contributed by atoms with Crippen LogP contribution in [0.2, 0.25) is 0 Å². The van der Waals surface area contributed by atoms with Crippen LogP contribution in [-0.2, 0) is 4.79 Å². The molecule has 0 fully saturated rings. The number of rotatable bonds is 5. The van der Waals surface area contributed by atoms with Crippen molar-refractivity contribution in [3.63, 3.8) is 0 Å². The second-order valence-electron chi connectivity index (χ2n) is 3.74. The summed E-state index contributed by atoms with van der Waals surface area (Å²) in [5.74, 6) is 0.435. The van der Waals surface area contributed by atoms with Gasteiger partial charge in [-0.25, -0.2) is 0 Å². The summed E-state index contributed by atoms with van der Waals surface area (Å²) in [7, 11) is 0. The Morgan fingerprint density at radius 3 is 2.35 bits per heavy atom. The van der Waals surface area contributed by atoms with Crippen molar-refractivity contribution in [3.05, 3.63) is 29.8 Å². The molecule has 0 aliphatic heterocycles. The zero-order chi connectivity index (χ0) is 12.8. The Morgan fingerprint density at radius 2 is 1.88 bits per heavy atom. The fourth-order valence-corrected chi connectivity index (χ4v) is 1.34. The number of carbonyl (C=O) groups is 2. The van der Waals surface area contributed by atoms with Crippen LogP contribution in [0.1, 0.15) is 31.1 Å². The van der Waals surface area contributed by atoms with Crippen molar-refractivity contribution >= 4 is 11.7 Å². The van der Waals surface area contributed by atoms with E-state index in [-0.39, 0.29) is 11.7 Å². The summed E-state index contributed by atoms with van der Waals surface area (Å²) in [5, 5.41) is 2.68. The molecule has 4 heteroatoms. The Hall–Kier alpha value is -1.84. The van der Waals surface area contributed by atoms with Crippen LogP contribution in [-0.4, -0.2) is 24.3 Å². The number of benzene rings is 1. The molecule has 0 radical (unpaired) electrons. The monoisotopic (exact) mass is 235 g/mol. The Labute approximate surface area is 101 Å². The molecule has 0 spiro atoms. The lowest BCUT2D eigenvalue weighted by Gasteiger charge is -2.14. The SMILES string of the molecule is CCNC(=O)C(C)Oc1ccc(C(C)=O)cc1. The fraction of sp³-hybridized carbons (Fsp3) is 0.385. The highest BCUT2D eigenvalue weighted by Crippen LogP contribution is 2.14. The second-order valence-corrected chi connectivity index (χ2v) is 3.74. The van der Waals surface area contributed by atoms with E-state index in [0.29, 0.717) is 17.9 Å². The standard InChI is InChI=1S/C13H17NO3/c1-4-14-13(16)10(3)17-12-7-5-11(6-8-12)9(2)15/h5-8,10H,4H2,1-3H3,(H,14,16). The third-order valence-corrected chi connectivity index (χ3v) is 2.29. The van der Waals surface area contributed by atoms with Gasteiger partial charge >= 0.3 is 0 Å². The van der Waals surface area contributed by atoms with Crippen molar-refractivity contribution in [2.24, 2.45) is 0 Å². The first-order valence-corrected chi connectivity index (χ1v) is 5.60. The van der Waals surface area contributed by atoms with Gasteiger partial charge in [0.15, 0.2) is 11.9 Å². The molecule has 92 valence electrons. The van der Waals surface area contributed by atoms with Crippen LogP contribution in [0, 0.1) is 0 Å². The number of ketones is 1. The Kier molecular flexibility index (Phi) is 4.69. The lowest BCUT2D eigenvalue weighted by molar-refractivity contribution is -0.127. The van der Waals surface area contributed by atoms with E-state index in [1.165, 1.54) is 6.92 Å². The number of carbonyl (C=O) groups excluding carboxylic acids is 2. The van der Waals surface area contributed by atoms with Crippen molar-refractivity contribution in [2.45, 2.75) is 26.9 Å². The molecule has 1 aromatic rings. The highest BCUT2D eigenvalue weighted by atomic mass is 16.5. The predicted molar refractivity (Wildman–Crippen MR) is 65.2 cm³/mol. The summed E-state index contributed by atoms with van der Waals surface area (Å²) >= 11 is 0. The number of Topliss-reactive ketones (excluding diaryl/α,β-unsaturated/α-hetero) is 1. The minimum absolute atomic E-state index is 0.00771. The maximum absolute atomic E-state index is 11.4. The zero-order valence-electron chi connectivity index (χ0n) is 10.3. The second kappa shape index (κ2) is 6.03. The van der Waals surface area contributed by atoms with Crippen LogP contribution < -0.4 is 10.1 Å². The molecular formula is C13H17NO3. The Bertz CT molecular complexity index is 398. The van der Waals surface area contributed by atoms with Gasteiger partial charge in [0, 0.05) is 12.1 Å². The molecule has 1 N–H and O–H groups in total. The summed E-state index contributed by atoms with van der Waals surface area (Å²) in [6, 6.07) is 6.74. The highest BCUT2D eigenvalue weighted by molar-refractivity contribution is 5.94. The normalized spacial score (nSPS) is 11.7. The van der Waals surface area contributed by atoms with E-state index in [1.54, 1.807) is 31.2 Å². The average molecular weight is 235 g/mol. The summed E-state index contributed by atoms with van der Waals surface area (Å²) in [5.41, 5.74) is 0.628. The molecule has 0 aromatic heterocycles. The Balaban J connectivity index is 2.63. The summed E-state index contributed by atoms with van der Waals surface area (Å²) < 4.78 is 5.44. The van der Waals surface area contributed by atoms with Gasteiger partial charge in [-0.1, -0.05) is 0 Å². The summed E-state index contributed by atoms with van der Waals surface area (Å²) in [6.45, 7) is 5.62. The largest absolute Gasteiger partial charge is 0.481 e. The average Bonchev–Trinajstić information content (AvgIpc) is 2.30. The first-order chi connectivity index (χ1) is 8.04. The van der Waals surface area contributed by atoms with Gasteiger partial charge in [-0.05, 0) is 45.0 Å². The lowest BCUT2D eigenvalue weighted by Crippen LogP contribution is -2.36. The van der Waals surface area contributed by atoms with Crippen LogP contribution in [0.5, 0.6) is 5.75 Å². The smallest absolute Gasteiger partial charge is 0.260 e. The third kappa shape index (κ3) is 3.90. The van der Waals surface area contributed by atoms with E-state index >= 15 is 0 Å². The number of ether oxygens (including phenoxy) is 1. The molecular weight excluding hydrogens is 218 g/mol. The number of nitrogens with one attached hydrogen (secondary N) is 1. The van der Waals surface area contributed by atoms with E-state index in [9.17, 15) is 9.59 Å². The molecule has 0 heterocycles. The molecule has 17 heavy (non-hydrogen) atoms. The van der Waals surface area contributed by atoms with Gasteiger partial charge in [0.1, 0.15) is 5.75 Å². The van der Waals surface area contributed by atoms with Gasteiger partial charge in [0.2, 0.25) is 0 Å². The van der Waals surface area contributed by atoms with Crippen molar-refractivity contribution in [3.8, 4) is 5.75 Å². The fourth-order valence-electron chi connectivity index (χ4n) is 1.34. The van der Waals surface area contributed by atoms with Gasteiger partial charge < -0.3 is 10.1 Å². The van der Waals surface area contributed by atoms with E-state index in [4.69, 9.17) is 4.74 Å². The first kappa shape index (κ1) is 13.2. The molecule has 1 amide bonds. The minimum Gasteiger partial charge on any atom is -0.481 e. The maximum Gasteiger partial charge on any atom is 0.260 e. The van der Waals surface area contributed by atoms with E-state index < -0.39 is 6.10 Å². The van der Waals surface area contributed by atoms with Gasteiger partial charge in [0.25, 0.3) is 5.91 Å². The van der Waals surface area contributed by atoms with Crippen LogP contribution in [0.15, 0.2) is 24.3 Å². The molecule has 4 nitrogen and oxygen atoms in total. The molecule has 0 aliphatic rings. The molecule has 0 bridgehead atoms. The molecule has 0 saturated carbocycles. The summed E-state index contributed by atoms with van der Waals surface area (Å²) in [4.78, 5) is 22.5. The summed E-state index contributed by atoms with van der Waals surface area (Å²) in [6.07, 6.45) is -0.543. The highest BCUT2D eigenvalue weighted by Gasteiger charge is 2.13. The van der Waals surface area contributed by atoms with E-state index in [2.05, 4.69) is 5.32 Å². The first-order valence-electron chi connectivity index (χ1n) is 5.60. The van der Waals surface area contributed by atoms with E-state index in [1.807, 2.05) is 6.92 Å². The molecule has 1 unspecified atom stereocenters. The third-order valence-electron chi connectivity index (χ3n) is 2.29. The molecule has 0 aliphatic carbocycles. The zero-order valence-corrected chi connectivity index (χ0v) is 10.3. The van der Waals surface area contributed by atoms with Crippen molar-refractivity contribution in [1.82, 2.24) is 5.32 Å². The number of amides is 1.